The van der Waals surface area contributed by atoms with Gasteiger partial charge < -0.3 is 9.73 Å². The molecule has 0 aliphatic carbocycles. The van der Waals surface area contributed by atoms with Crippen molar-refractivity contribution in [2.24, 2.45) is 0 Å². The number of furan rings is 1. The normalized spacial score (nSPS) is 22.5. The quantitative estimate of drug-likeness (QED) is 0.852. The van der Waals surface area contributed by atoms with Crippen LogP contribution >= 0.6 is 11.8 Å². The Balaban J connectivity index is 1.80. The number of hydrogen-bond acceptors (Lipinski definition) is 3. The third-order valence-electron chi connectivity index (χ3n) is 3.13. The summed E-state index contributed by atoms with van der Waals surface area (Å²) in [4.78, 5) is 0. The van der Waals surface area contributed by atoms with Gasteiger partial charge in [0.05, 0.1) is 6.04 Å². The van der Waals surface area contributed by atoms with E-state index >= 15 is 0 Å². The van der Waals surface area contributed by atoms with Crippen molar-refractivity contribution < 1.29 is 4.42 Å². The van der Waals surface area contributed by atoms with Crippen LogP contribution in [-0.4, -0.2) is 17.5 Å². The summed E-state index contributed by atoms with van der Waals surface area (Å²) < 4.78 is 5.74. The number of hydrogen-bond donors (Lipinski definition) is 1. The van der Waals surface area contributed by atoms with Crippen molar-refractivity contribution in [1.29, 1.82) is 0 Å². The van der Waals surface area contributed by atoms with Crippen LogP contribution in [0.25, 0.3) is 0 Å². The van der Waals surface area contributed by atoms with Crippen LogP contribution in [0.15, 0.2) is 16.5 Å². The van der Waals surface area contributed by atoms with E-state index in [4.69, 9.17) is 4.42 Å². The molecule has 0 saturated carbocycles. The third-order valence-corrected chi connectivity index (χ3v) is 4.53. The van der Waals surface area contributed by atoms with Gasteiger partial charge in [0, 0.05) is 18.2 Å². The van der Waals surface area contributed by atoms with E-state index in [1.807, 2.05) is 0 Å². The van der Waals surface area contributed by atoms with E-state index in [2.05, 4.69) is 43.1 Å². The van der Waals surface area contributed by atoms with Crippen LogP contribution in [0, 0.1) is 0 Å². The van der Waals surface area contributed by atoms with Crippen LogP contribution in [0.3, 0.4) is 0 Å². The highest BCUT2D eigenvalue weighted by Gasteiger charge is 2.17. The number of rotatable bonds is 5. The summed E-state index contributed by atoms with van der Waals surface area (Å²) in [5, 5.41) is 4.37. The highest BCUT2D eigenvalue weighted by molar-refractivity contribution is 8.00. The summed E-state index contributed by atoms with van der Waals surface area (Å²) in [6.07, 6.45) is 3.72. The van der Waals surface area contributed by atoms with Gasteiger partial charge in [-0.25, -0.2) is 0 Å². The second kappa shape index (κ2) is 5.78. The monoisotopic (exact) mass is 239 g/mol. The van der Waals surface area contributed by atoms with Crippen LogP contribution in [0.1, 0.15) is 44.3 Å². The average Bonchev–Trinajstić information content (AvgIpc) is 2.96. The Morgan fingerprint density at radius 1 is 1.56 bits per heavy atom. The van der Waals surface area contributed by atoms with Gasteiger partial charge in [0.2, 0.25) is 0 Å². The Bertz CT molecular complexity index is 317. The van der Waals surface area contributed by atoms with Crippen molar-refractivity contribution >= 4 is 11.8 Å². The Labute approximate surface area is 102 Å². The molecule has 1 aliphatic heterocycles. The van der Waals surface area contributed by atoms with Crippen LogP contribution in [0.2, 0.25) is 0 Å². The molecule has 16 heavy (non-hydrogen) atoms. The Morgan fingerprint density at radius 3 is 3.06 bits per heavy atom. The predicted octanol–water partition coefficient (Wildman–Crippen LogP) is 3.39. The van der Waals surface area contributed by atoms with Crippen molar-refractivity contribution in [3.63, 3.8) is 0 Å². The van der Waals surface area contributed by atoms with Crippen LogP contribution in [0.5, 0.6) is 0 Å². The average molecular weight is 239 g/mol. The maximum atomic E-state index is 5.74. The first-order chi connectivity index (χ1) is 7.79. The molecule has 2 nitrogen and oxygen atoms in total. The van der Waals surface area contributed by atoms with Gasteiger partial charge in [0.25, 0.3) is 0 Å². The highest BCUT2D eigenvalue weighted by Crippen LogP contribution is 2.26. The minimum absolute atomic E-state index is 0.335. The molecule has 0 aromatic carbocycles. The molecular formula is C13H21NOS. The molecule has 1 aromatic rings. The molecule has 0 radical (unpaired) electrons. The smallest absolute Gasteiger partial charge is 0.120 e. The second-order valence-electron chi connectivity index (χ2n) is 4.42. The Hall–Kier alpha value is -0.410. The number of aryl methyl sites for hydroxylation is 1. The van der Waals surface area contributed by atoms with Crippen LogP contribution < -0.4 is 5.32 Å². The summed E-state index contributed by atoms with van der Waals surface area (Å²) >= 11 is 2.10. The number of thioether (sulfide) groups is 1. The van der Waals surface area contributed by atoms with Crippen LogP contribution in [0.4, 0.5) is 0 Å². The van der Waals surface area contributed by atoms with Crippen LogP contribution in [-0.2, 0) is 6.42 Å². The van der Waals surface area contributed by atoms with E-state index in [1.165, 1.54) is 18.6 Å². The van der Waals surface area contributed by atoms with Gasteiger partial charge >= 0.3 is 0 Å². The van der Waals surface area contributed by atoms with E-state index in [0.29, 0.717) is 6.04 Å². The van der Waals surface area contributed by atoms with Gasteiger partial charge in [-0.3, -0.25) is 0 Å². The largest absolute Gasteiger partial charge is 0.464 e. The molecule has 1 saturated heterocycles. The van der Waals surface area contributed by atoms with Crippen molar-refractivity contribution in [3.05, 3.63) is 23.7 Å². The SMILES string of the molecule is CCc1ccc(C(C)NCC2CCCS2)o1. The molecule has 1 aliphatic rings. The van der Waals surface area contributed by atoms with E-state index in [0.717, 1.165) is 29.7 Å². The predicted molar refractivity (Wildman–Crippen MR) is 70.0 cm³/mol. The molecule has 0 spiro atoms. The maximum Gasteiger partial charge on any atom is 0.120 e. The van der Waals surface area contributed by atoms with Gasteiger partial charge in [-0.1, -0.05) is 6.92 Å². The molecule has 3 heteroatoms. The molecule has 2 rings (SSSR count). The zero-order valence-electron chi connectivity index (χ0n) is 10.2. The molecule has 2 unspecified atom stereocenters. The summed E-state index contributed by atoms with van der Waals surface area (Å²) in [5.41, 5.74) is 0. The van der Waals surface area contributed by atoms with Crippen molar-refractivity contribution in [2.75, 3.05) is 12.3 Å². The Kier molecular flexibility index (Phi) is 4.36. The first-order valence-corrected chi connectivity index (χ1v) is 7.28. The van der Waals surface area contributed by atoms with Gasteiger partial charge in [-0.05, 0) is 37.7 Å². The lowest BCUT2D eigenvalue weighted by atomic mass is 10.2. The molecule has 2 atom stereocenters. The lowest BCUT2D eigenvalue weighted by molar-refractivity contribution is 0.408. The van der Waals surface area contributed by atoms with Gasteiger partial charge in [-0.15, -0.1) is 0 Å². The van der Waals surface area contributed by atoms with Gasteiger partial charge in [0.1, 0.15) is 11.5 Å². The van der Waals surface area contributed by atoms with Crippen molar-refractivity contribution in [3.8, 4) is 0 Å². The van der Waals surface area contributed by atoms with Gasteiger partial charge in [-0.2, -0.15) is 11.8 Å². The first kappa shape index (κ1) is 12.1. The standard InChI is InChI=1S/C13H21NOS/c1-3-11-6-7-13(15-11)10(2)14-9-12-5-4-8-16-12/h6-7,10,12,14H,3-5,8-9H2,1-2H3. The molecule has 1 fully saturated rings. The highest BCUT2D eigenvalue weighted by atomic mass is 32.2. The van der Waals surface area contributed by atoms with E-state index in [-0.39, 0.29) is 0 Å². The van der Waals surface area contributed by atoms with E-state index in [1.54, 1.807) is 0 Å². The van der Waals surface area contributed by atoms with Crippen molar-refractivity contribution in [1.82, 2.24) is 5.32 Å². The summed E-state index contributed by atoms with van der Waals surface area (Å²) in [6.45, 7) is 5.40. The fraction of sp³-hybridized carbons (Fsp3) is 0.692. The fourth-order valence-electron chi connectivity index (χ4n) is 2.03. The summed E-state index contributed by atoms with van der Waals surface area (Å²) in [5.74, 6) is 3.49. The third kappa shape index (κ3) is 3.05. The zero-order valence-corrected chi connectivity index (χ0v) is 11.0. The molecule has 1 N–H and O–H groups in total. The van der Waals surface area contributed by atoms with E-state index in [9.17, 15) is 0 Å². The fourth-order valence-corrected chi connectivity index (χ4v) is 3.25. The molecule has 90 valence electrons. The molecular weight excluding hydrogens is 218 g/mol. The maximum absolute atomic E-state index is 5.74. The minimum atomic E-state index is 0.335. The minimum Gasteiger partial charge on any atom is -0.464 e. The van der Waals surface area contributed by atoms with E-state index < -0.39 is 0 Å². The second-order valence-corrected chi connectivity index (χ2v) is 5.83. The topological polar surface area (TPSA) is 25.2 Å². The zero-order chi connectivity index (χ0) is 11.4. The molecule has 0 bridgehead atoms. The first-order valence-electron chi connectivity index (χ1n) is 6.23. The molecule has 0 amide bonds. The van der Waals surface area contributed by atoms with Gasteiger partial charge in [0.15, 0.2) is 0 Å². The Morgan fingerprint density at radius 2 is 2.44 bits per heavy atom. The lowest BCUT2D eigenvalue weighted by Crippen LogP contribution is -2.25. The summed E-state index contributed by atoms with van der Waals surface area (Å²) in [7, 11) is 0. The lowest BCUT2D eigenvalue weighted by Gasteiger charge is -2.14. The molecule has 2 heterocycles. The van der Waals surface area contributed by atoms with Crippen molar-refractivity contribution in [2.45, 2.75) is 44.4 Å². The summed E-state index contributed by atoms with van der Waals surface area (Å²) in [6, 6.07) is 4.51. The number of nitrogens with one attached hydrogen (secondary N) is 1. The molecule has 1 aromatic heterocycles.